The van der Waals surface area contributed by atoms with Crippen molar-refractivity contribution in [2.45, 2.75) is 6.54 Å². The SMILES string of the molecule is C=CCN(CC=C)Cc1ccc(Cl)cc1NC(=O)C(=O)O. The molecule has 6 heteroatoms. The zero-order chi connectivity index (χ0) is 15.8. The van der Waals surface area contributed by atoms with Crippen molar-refractivity contribution in [2.75, 3.05) is 18.4 Å². The van der Waals surface area contributed by atoms with Crippen LogP contribution in [0.1, 0.15) is 5.56 Å². The van der Waals surface area contributed by atoms with Crippen LogP contribution in [0.2, 0.25) is 5.02 Å². The van der Waals surface area contributed by atoms with E-state index in [-0.39, 0.29) is 0 Å². The molecule has 1 rings (SSSR count). The molecule has 0 saturated carbocycles. The normalized spacial score (nSPS) is 10.2. The first-order valence-corrected chi connectivity index (χ1v) is 6.62. The quantitative estimate of drug-likeness (QED) is 0.600. The van der Waals surface area contributed by atoms with Crippen LogP contribution < -0.4 is 5.32 Å². The Morgan fingerprint density at radius 3 is 2.43 bits per heavy atom. The highest BCUT2D eigenvalue weighted by Gasteiger charge is 2.15. The van der Waals surface area contributed by atoms with Gasteiger partial charge >= 0.3 is 11.9 Å². The maximum Gasteiger partial charge on any atom is 0.394 e. The van der Waals surface area contributed by atoms with Gasteiger partial charge in [0.1, 0.15) is 0 Å². The summed E-state index contributed by atoms with van der Waals surface area (Å²) < 4.78 is 0. The molecule has 0 radical (unpaired) electrons. The molecular formula is C15H17ClN2O3. The Balaban J connectivity index is 2.99. The Bertz CT molecular complexity index is 548. The Hall–Kier alpha value is -2.11. The summed E-state index contributed by atoms with van der Waals surface area (Å²) >= 11 is 5.89. The van der Waals surface area contributed by atoms with Crippen LogP contribution in [0.3, 0.4) is 0 Å². The summed E-state index contributed by atoms with van der Waals surface area (Å²) in [5, 5.41) is 11.4. The average Bonchev–Trinajstić information content (AvgIpc) is 2.42. The van der Waals surface area contributed by atoms with E-state index in [9.17, 15) is 9.59 Å². The number of benzene rings is 1. The van der Waals surface area contributed by atoms with E-state index in [1.807, 2.05) is 4.90 Å². The maximum absolute atomic E-state index is 11.3. The molecule has 0 fully saturated rings. The molecule has 0 aliphatic rings. The van der Waals surface area contributed by atoms with Gasteiger partial charge in [0.05, 0.1) is 0 Å². The van der Waals surface area contributed by atoms with E-state index in [1.165, 1.54) is 6.07 Å². The lowest BCUT2D eigenvalue weighted by molar-refractivity contribution is -0.147. The van der Waals surface area contributed by atoms with Crippen molar-refractivity contribution < 1.29 is 14.7 Å². The number of rotatable bonds is 7. The van der Waals surface area contributed by atoms with Crippen LogP contribution >= 0.6 is 11.6 Å². The number of carbonyl (C=O) groups excluding carboxylic acids is 1. The number of nitrogens with one attached hydrogen (secondary N) is 1. The molecule has 0 aliphatic carbocycles. The van der Waals surface area contributed by atoms with E-state index in [4.69, 9.17) is 16.7 Å². The van der Waals surface area contributed by atoms with Gasteiger partial charge in [-0.05, 0) is 17.7 Å². The molecule has 0 aliphatic heterocycles. The second-order valence-corrected chi connectivity index (χ2v) is 4.77. The molecule has 0 bridgehead atoms. The zero-order valence-electron chi connectivity index (χ0n) is 11.5. The Morgan fingerprint density at radius 1 is 1.29 bits per heavy atom. The number of carbonyl (C=O) groups is 2. The number of halogens is 1. The summed E-state index contributed by atoms with van der Waals surface area (Å²) in [5.41, 5.74) is 1.14. The van der Waals surface area contributed by atoms with Crippen molar-refractivity contribution in [3.8, 4) is 0 Å². The van der Waals surface area contributed by atoms with E-state index in [0.29, 0.717) is 30.3 Å². The molecule has 0 saturated heterocycles. The highest BCUT2D eigenvalue weighted by atomic mass is 35.5. The van der Waals surface area contributed by atoms with Crippen LogP contribution in [-0.2, 0) is 16.1 Å². The number of hydrogen-bond donors (Lipinski definition) is 2. The van der Waals surface area contributed by atoms with Gasteiger partial charge in [-0.1, -0.05) is 29.8 Å². The van der Waals surface area contributed by atoms with E-state index in [0.717, 1.165) is 5.56 Å². The van der Waals surface area contributed by atoms with Gasteiger partial charge in [0.15, 0.2) is 0 Å². The van der Waals surface area contributed by atoms with Crippen molar-refractivity contribution in [3.05, 3.63) is 54.1 Å². The van der Waals surface area contributed by atoms with Crippen molar-refractivity contribution in [2.24, 2.45) is 0 Å². The summed E-state index contributed by atoms with van der Waals surface area (Å²) in [7, 11) is 0. The second-order valence-electron chi connectivity index (χ2n) is 4.33. The topological polar surface area (TPSA) is 69.6 Å². The van der Waals surface area contributed by atoms with Crippen molar-refractivity contribution in [1.29, 1.82) is 0 Å². The first-order valence-electron chi connectivity index (χ1n) is 6.24. The number of anilines is 1. The predicted octanol–water partition coefficient (Wildman–Crippen LogP) is 2.54. The number of hydrogen-bond acceptors (Lipinski definition) is 3. The summed E-state index contributed by atoms with van der Waals surface area (Å²) in [6, 6.07) is 4.96. The first kappa shape index (κ1) is 16.9. The third-order valence-corrected chi connectivity index (χ3v) is 2.92. The van der Waals surface area contributed by atoms with Gasteiger partial charge in [-0.15, -0.1) is 13.2 Å². The summed E-state index contributed by atoms with van der Waals surface area (Å²) in [6.45, 7) is 9.16. The molecular weight excluding hydrogens is 292 g/mol. The monoisotopic (exact) mass is 308 g/mol. The van der Waals surface area contributed by atoms with Crippen LogP contribution in [0.5, 0.6) is 0 Å². The molecule has 0 aromatic heterocycles. The smallest absolute Gasteiger partial charge is 0.394 e. The largest absolute Gasteiger partial charge is 0.474 e. The molecule has 0 spiro atoms. The zero-order valence-corrected chi connectivity index (χ0v) is 12.3. The lowest BCUT2D eigenvalue weighted by Gasteiger charge is -2.20. The van der Waals surface area contributed by atoms with E-state index >= 15 is 0 Å². The fourth-order valence-corrected chi connectivity index (χ4v) is 1.96. The third-order valence-electron chi connectivity index (χ3n) is 2.68. The summed E-state index contributed by atoms with van der Waals surface area (Å²) in [4.78, 5) is 24.0. The molecule has 0 unspecified atom stereocenters. The fraction of sp³-hybridized carbons (Fsp3) is 0.200. The molecule has 0 heterocycles. The van der Waals surface area contributed by atoms with Gasteiger partial charge in [0.25, 0.3) is 0 Å². The number of nitrogens with zero attached hydrogens (tertiary/aromatic N) is 1. The van der Waals surface area contributed by atoms with E-state index in [1.54, 1.807) is 24.3 Å². The molecule has 1 aromatic carbocycles. The molecule has 21 heavy (non-hydrogen) atoms. The minimum absolute atomic E-state index is 0.382. The highest BCUT2D eigenvalue weighted by Crippen LogP contribution is 2.22. The van der Waals surface area contributed by atoms with Gasteiger partial charge in [-0.2, -0.15) is 0 Å². The summed E-state index contributed by atoms with van der Waals surface area (Å²) in [5.74, 6) is -2.65. The standard InChI is InChI=1S/C15H17ClN2O3/c1-3-7-18(8-4-2)10-11-5-6-12(16)9-13(11)17-14(19)15(20)21/h3-6,9H,1-2,7-8,10H2,(H,17,19)(H,20,21). The van der Waals surface area contributed by atoms with E-state index < -0.39 is 11.9 Å². The first-order chi connectivity index (χ1) is 9.97. The fourth-order valence-electron chi connectivity index (χ4n) is 1.79. The number of carboxylic acid groups (broad SMARTS) is 1. The van der Waals surface area contributed by atoms with Crippen LogP contribution in [0.15, 0.2) is 43.5 Å². The predicted molar refractivity (Wildman–Crippen MR) is 83.4 cm³/mol. The minimum atomic E-state index is -1.55. The lowest BCUT2D eigenvalue weighted by atomic mass is 10.1. The van der Waals surface area contributed by atoms with Crippen LogP contribution in [0.25, 0.3) is 0 Å². The molecule has 0 atom stereocenters. The lowest BCUT2D eigenvalue weighted by Crippen LogP contribution is -2.26. The third kappa shape index (κ3) is 5.41. The Kier molecular flexibility index (Phi) is 6.65. The molecule has 1 aromatic rings. The number of amides is 1. The van der Waals surface area contributed by atoms with E-state index in [2.05, 4.69) is 18.5 Å². The molecule has 1 amide bonds. The Morgan fingerprint density at radius 2 is 1.90 bits per heavy atom. The maximum atomic E-state index is 11.3. The van der Waals surface area contributed by atoms with Gasteiger partial charge in [-0.25, -0.2) is 4.79 Å². The minimum Gasteiger partial charge on any atom is -0.474 e. The van der Waals surface area contributed by atoms with Gasteiger partial charge in [0.2, 0.25) is 0 Å². The molecule has 2 N–H and O–H groups in total. The van der Waals surface area contributed by atoms with Gasteiger partial charge in [0, 0.05) is 30.3 Å². The van der Waals surface area contributed by atoms with Gasteiger partial charge < -0.3 is 10.4 Å². The van der Waals surface area contributed by atoms with Crippen molar-refractivity contribution in [3.63, 3.8) is 0 Å². The highest BCUT2D eigenvalue weighted by molar-refractivity contribution is 6.37. The van der Waals surface area contributed by atoms with Crippen molar-refractivity contribution >= 4 is 29.2 Å². The number of carboxylic acids is 1. The number of aliphatic carboxylic acids is 1. The summed E-state index contributed by atoms with van der Waals surface area (Å²) in [6.07, 6.45) is 3.52. The molecule has 112 valence electrons. The average molecular weight is 309 g/mol. The van der Waals surface area contributed by atoms with Crippen molar-refractivity contribution in [1.82, 2.24) is 4.90 Å². The second kappa shape index (κ2) is 8.24. The van der Waals surface area contributed by atoms with Gasteiger partial charge in [-0.3, -0.25) is 9.69 Å². The Labute approximate surface area is 128 Å². The van der Waals surface area contributed by atoms with Crippen LogP contribution in [-0.4, -0.2) is 35.0 Å². The van der Waals surface area contributed by atoms with Crippen LogP contribution in [0, 0.1) is 0 Å². The van der Waals surface area contributed by atoms with Crippen LogP contribution in [0.4, 0.5) is 5.69 Å². The molecule has 5 nitrogen and oxygen atoms in total.